The number of rotatable bonds is 5. The van der Waals surface area contributed by atoms with Crippen LogP contribution >= 0.6 is 0 Å². The molecule has 0 spiro atoms. The number of likely N-dealkylation sites (tertiary alicyclic amines) is 1. The van der Waals surface area contributed by atoms with Crippen LogP contribution in [0.2, 0.25) is 0 Å². The Kier molecular flexibility index (Phi) is 5.79. The molecule has 1 aliphatic rings. The second-order valence-corrected chi connectivity index (χ2v) is 5.42. The summed E-state index contributed by atoms with van der Waals surface area (Å²) in [4.78, 5) is 24.9. The van der Waals surface area contributed by atoms with Crippen molar-refractivity contribution in [2.24, 2.45) is 5.92 Å². The molecule has 0 aliphatic carbocycles. The predicted molar refractivity (Wildman–Crippen MR) is 87.3 cm³/mol. The number of carboxylic acid groups (broad SMARTS) is 1. The number of anilines is 1. The van der Waals surface area contributed by atoms with Crippen molar-refractivity contribution in [2.75, 3.05) is 25.5 Å². The van der Waals surface area contributed by atoms with Crippen LogP contribution < -0.4 is 10.1 Å². The van der Waals surface area contributed by atoms with Crippen molar-refractivity contribution < 1.29 is 19.4 Å². The number of piperidine rings is 1. The van der Waals surface area contributed by atoms with E-state index in [4.69, 9.17) is 9.84 Å². The van der Waals surface area contributed by atoms with Crippen LogP contribution in [0, 0.1) is 17.2 Å². The fourth-order valence-electron chi connectivity index (χ4n) is 2.56. The lowest BCUT2D eigenvalue weighted by Crippen LogP contribution is -2.40. The van der Waals surface area contributed by atoms with Gasteiger partial charge in [-0.1, -0.05) is 12.1 Å². The first-order valence-electron chi connectivity index (χ1n) is 7.58. The lowest BCUT2D eigenvalue weighted by molar-refractivity contribution is -0.145. The van der Waals surface area contributed by atoms with Gasteiger partial charge in [0.25, 0.3) is 5.91 Å². The smallest absolute Gasteiger partial charge is 0.306 e. The summed E-state index contributed by atoms with van der Waals surface area (Å²) < 4.78 is 5.20. The summed E-state index contributed by atoms with van der Waals surface area (Å²) in [6.07, 6.45) is 2.16. The lowest BCUT2D eigenvalue weighted by Gasteiger charge is -2.29. The van der Waals surface area contributed by atoms with Gasteiger partial charge in [-0.2, -0.15) is 5.26 Å². The highest BCUT2D eigenvalue weighted by Gasteiger charge is 2.28. The van der Waals surface area contributed by atoms with Crippen molar-refractivity contribution in [3.05, 3.63) is 36.0 Å². The topological polar surface area (TPSA) is 103 Å². The van der Waals surface area contributed by atoms with Gasteiger partial charge in [0, 0.05) is 19.3 Å². The molecule has 0 atom stereocenters. The van der Waals surface area contributed by atoms with Crippen LogP contribution in [0.25, 0.3) is 0 Å². The van der Waals surface area contributed by atoms with Gasteiger partial charge in [0.05, 0.1) is 18.7 Å². The third kappa shape index (κ3) is 4.04. The van der Waals surface area contributed by atoms with E-state index in [9.17, 15) is 14.9 Å². The number of hydrogen-bond donors (Lipinski definition) is 2. The minimum Gasteiger partial charge on any atom is -0.495 e. The van der Waals surface area contributed by atoms with Crippen LogP contribution in [0.5, 0.6) is 5.75 Å². The van der Waals surface area contributed by atoms with E-state index in [2.05, 4.69) is 5.32 Å². The summed E-state index contributed by atoms with van der Waals surface area (Å²) >= 11 is 0. The molecule has 7 heteroatoms. The molecule has 0 unspecified atom stereocenters. The highest BCUT2D eigenvalue weighted by atomic mass is 16.5. The second kappa shape index (κ2) is 8.02. The molecule has 0 radical (unpaired) electrons. The Bertz CT molecular complexity index is 685. The zero-order valence-electron chi connectivity index (χ0n) is 13.4. The van der Waals surface area contributed by atoms with E-state index in [-0.39, 0.29) is 5.57 Å². The third-order valence-corrected chi connectivity index (χ3v) is 3.96. The van der Waals surface area contributed by atoms with E-state index < -0.39 is 17.8 Å². The van der Waals surface area contributed by atoms with Crippen molar-refractivity contribution >= 4 is 17.6 Å². The number of nitrogens with zero attached hydrogens (tertiary/aromatic N) is 2. The predicted octanol–water partition coefficient (Wildman–Crippen LogP) is 1.84. The van der Waals surface area contributed by atoms with Gasteiger partial charge in [-0.25, -0.2) is 0 Å². The van der Waals surface area contributed by atoms with E-state index in [0.717, 1.165) is 0 Å². The summed E-state index contributed by atoms with van der Waals surface area (Å²) in [6, 6.07) is 9.05. The van der Waals surface area contributed by atoms with Crippen LogP contribution in [-0.2, 0) is 9.59 Å². The number of nitriles is 1. The molecular weight excluding hydrogens is 310 g/mol. The zero-order chi connectivity index (χ0) is 17.5. The molecule has 1 heterocycles. The molecule has 1 aliphatic heterocycles. The minimum atomic E-state index is -0.837. The molecule has 2 rings (SSSR count). The normalized spacial score (nSPS) is 15.5. The van der Waals surface area contributed by atoms with Gasteiger partial charge in [-0.05, 0) is 25.0 Å². The minimum absolute atomic E-state index is 0.0327. The largest absolute Gasteiger partial charge is 0.495 e. The molecule has 24 heavy (non-hydrogen) atoms. The zero-order valence-corrected chi connectivity index (χ0v) is 13.4. The number of aliphatic carboxylic acids is 1. The van der Waals surface area contributed by atoms with Gasteiger partial charge in [-0.15, -0.1) is 0 Å². The molecule has 1 amide bonds. The molecule has 1 fully saturated rings. The molecule has 1 aromatic carbocycles. The first kappa shape index (κ1) is 17.3. The summed E-state index contributed by atoms with van der Waals surface area (Å²) in [5.41, 5.74) is 0.611. The van der Waals surface area contributed by atoms with Crippen LogP contribution in [0.4, 0.5) is 5.69 Å². The monoisotopic (exact) mass is 329 g/mol. The quantitative estimate of drug-likeness (QED) is 0.631. The molecule has 0 aromatic heterocycles. The van der Waals surface area contributed by atoms with Crippen LogP contribution in [-0.4, -0.2) is 42.1 Å². The number of carbonyl (C=O) groups is 2. The van der Waals surface area contributed by atoms with E-state index in [0.29, 0.717) is 37.4 Å². The number of amides is 1. The molecule has 0 saturated carbocycles. The summed E-state index contributed by atoms with van der Waals surface area (Å²) in [5, 5.41) is 21.1. The summed E-state index contributed by atoms with van der Waals surface area (Å²) in [7, 11) is 1.53. The van der Waals surface area contributed by atoms with E-state index in [1.807, 2.05) is 18.2 Å². The second-order valence-electron chi connectivity index (χ2n) is 5.42. The van der Waals surface area contributed by atoms with Gasteiger partial charge in [0.2, 0.25) is 0 Å². The number of benzene rings is 1. The van der Waals surface area contributed by atoms with Gasteiger partial charge in [-0.3, -0.25) is 9.59 Å². The Labute approximate surface area is 140 Å². The third-order valence-electron chi connectivity index (χ3n) is 3.96. The maximum absolute atomic E-state index is 12.4. The first-order valence-corrected chi connectivity index (χ1v) is 7.58. The van der Waals surface area contributed by atoms with Gasteiger partial charge >= 0.3 is 5.97 Å². The van der Waals surface area contributed by atoms with Crippen molar-refractivity contribution in [3.8, 4) is 11.8 Å². The fraction of sp³-hybridized carbons (Fsp3) is 0.353. The maximum Gasteiger partial charge on any atom is 0.306 e. The molecular formula is C17H19N3O4. The van der Waals surface area contributed by atoms with Gasteiger partial charge in [0.1, 0.15) is 17.4 Å². The number of para-hydroxylation sites is 2. The van der Waals surface area contributed by atoms with Crippen LogP contribution in [0.1, 0.15) is 12.8 Å². The average molecular weight is 329 g/mol. The van der Waals surface area contributed by atoms with E-state index >= 15 is 0 Å². The molecule has 126 valence electrons. The average Bonchev–Trinajstić information content (AvgIpc) is 2.62. The lowest BCUT2D eigenvalue weighted by atomic mass is 9.97. The van der Waals surface area contributed by atoms with Crippen LogP contribution in [0.3, 0.4) is 0 Å². The Morgan fingerprint density at radius 1 is 1.38 bits per heavy atom. The SMILES string of the molecule is COc1ccccc1N/C=C(/C#N)C(=O)N1CCC(C(=O)O)CC1. The first-order chi connectivity index (χ1) is 11.6. The summed E-state index contributed by atoms with van der Waals surface area (Å²) in [5.74, 6) is -1.06. The van der Waals surface area contributed by atoms with E-state index in [1.165, 1.54) is 18.2 Å². The van der Waals surface area contributed by atoms with Crippen LogP contribution in [0.15, 0.2) is 36.0 Å². The Morgan fingerprint density at radius 3 is 2.62 bits per heavy atom. The van der Waals surface area contributed by atoms with Crippen molar-refractivity contribution in [2.45, 2.75) is 12.8 Å². The van der Waals surface area contributed by atoms with E-state index in [1.54, 1.807) is 12.1 Å². The Balaban J connectivity index is 2.04. The summed E-state index contributed by atoms with van der Waals surface area (Å²) in [6.45, 7) is 0.674. The number of carboxylic acids is 1. The molecule has 7 nitrogen and oxygen atoms in total. The van der Waals surface area contributed by atoms with Crippen molar-refractivity contribution in [1.29, 1.82) is 5.26 Å². The number of ether oxygens (including phenoxy) is 1. The Morgan fingerprint density at radius 2 is 2.04 bits per heavy atom. The maximum atomic E-state index is 12.4. The number of hydrogen-bond acceptors (Lipinski definition) is 5. The highest BCUT2D eigenvalue weighted by molar-refractivity contribution is 5.97. The number of nitrogens with one attached hydrogen (secondary N) is 1. The fourth-order valence-corrected chi connectivity index (χ4v) is 2.56. The van der Waals surface area contributed by atoms with Gasteiger partial charge < -0.3 is 20.1 Å². The van der Waals surface area contributed by atoms with Crippen molar-refractivity contribution in [3.63, 3.8) is 0 Å². The molecule has 1 saturated heterocycles. The molecule has 2 N–H and O–H groups in total. The standard InChI is InChI=1S/C17H19N3O4/c1-24-15-5-3-2-4-14(15)19-11-13(10-18)16(21)20-8-6-12(7-9-20)17(22)23/h2-5,11-12,19H,6-9H2,1H3,(H,22,23)/b13-11-. The number of methoxy groups -OCH3 is 1. The Hall–Kier alpha value is -3.01. The number of carbonyl (C=O) groups excluding carboxylic acids is 1. The van der Waals surface area contributed by atoms with Gasteiger partial charge in [0.15, 0.2) is 0 Å². The highest BCUT2D eigenvalue weighted by Crippen LogP contribution is 2.23. The van der Waals surface area contributed by atoms with Crippen molar-refractivity contribution in [1.82, 2.24) is 4.90 Å². The molecule has 1 aromatic rings. The molecule has 0 bridgehead atoms.